The summed E-state index contributed by atoms with van der Waals surface area (Å²) in [7, 11) is 0. The molecular formula is C7H10N2O3. The molecule has 1 unspecified atom stereocenters. The van der Waals surface area contributed by atoms with Crippen LogP contribution in [0.25, 0.3) is 0 Å². The molecule has 0 saturated carbocycles. The minimum Gasteiger partial charge on any atom is -0.388 e. The molecule has 1 aromatic rings. The van der Waals surface area contributed by atoms with Crippen molar-refractivity contribution in [2.75, 3.05) is 6.61 Å². The summed E-state index contributed by atoms with van der Waals surface area (Å²) in [6.45, 7) is 0.171. The van der Waals surface area contributed by atoms with Gasteiger partial charge in [0.1, 0.15) is 18.3 Å². The lowest BCUT2D eigenvalue weighted by atomic mass is 10.1. The van der Waals surface area contributed by atoms with E-state index >= 15 is 0 Å². The molecule has 1 aromatic heterocycles. The van der Waals surface area contributed by atoms with Crippen LogP contribution in [0.5, 0.6) is 0 Å². The third kappa shape index (κ3) is 1.12. The Balaban J connectivity index is 2.16. The molecule has 66 valence electrons. The Bertz CT molecular complexity index is 249. The van der Waals surface area contributed by atoms with E-state index in [1.807, 2.05) is 0 Å². The Morgan fingerprint density at radius 3 is 2.92 bits per heavy atom. The van der Waals surface area contributed by atoms with E-state index in [2.05, 4.69) is 9.97 Å². The van der Waals surface area contributed by atoms with E-state index < -0.39 is 18.3 Å². The lowest BCUT2D eigenvalue weighted by molar-refractivity contribution is 0.0207. The van der Waals surface area contributed by atoms with Gasteiger partial charge in [-0.2, -0.15) is 0 Å². The maximum atomic E-state index is 9.41. The number of imidazole rings is 1. The van der Waals surface area contributed by atoms with E-state index in [9.17, 15) is 5.11 Å². The Kier molecular flexibility index (Phi) is 1.84. The first-order valence-corrected chi connectivity index (χ1v) is 3.75. The second-order valence-electron chi connectivity index (χ2n) is 2.82. The zero-order valence-electron chi connectivity index (χ0n) is 6.34. The van der Waals surface area contributed by atoms with Crippen molar-refractivity contribution in [1.82, 2.24) is 9.97 Å². The number of H-pyrrole nitrogens is 1. The number of hydrogen-bond acceptors (Lipinski definition) is 4. The molecule has 5 nitrogen and oxygen atoms in total. The highest BCUT2D eigenvalue weighted by molar-refractivity contribution is 5.05. The number of aromatic nitrogens is 2. The van der Waals surface area contributed by atoms with Crippen molar-refractivity contribution in [3.8, 4) is 0 Å². The average Bonchev–Trinajstić information content (AvgIpc) is 2.64. The van der Waals surface area contributed by atoms with Crippen molar-refractivity contribution in [3.63, 3.8) is 0 Å². The van der Waals surface area contributed by atoms with Gasteiger partial charge < -0.3 is 19.9 Å². The first kappa shape index (κ1) is 7.72. The second kappa shape index (κ2) is 2.85. The third-order valence-electron chi connectivity index (χ3n) is 1.98. The number of aromatic amines is 1. The number of hydrogen-bond donors (Lipinski definition) is 3. The van der Waals surface area contributed by atoms with Gasteiger partial charge in [-0.3, -0.25) is 0 Å². The van der Waals surface area contributed by atoms with Gasteiger partial charge in [0, 0.05) is 0 Å². The molecule has 1 fully saturated rings. The maximum absolute atomic E-state index is 9.41. The van der Waals surface area contributed by atoms with Crippen molar-refractivity contribution in [3.05, 3.63) is 18.2 Å². The zero-order valence-corrected chi connectivity index (χ0v) is 6.34. The summed E-state index contributed by atoms with van der Waals surface area (Å²) in [6.07, 6.45) is 0.966. The summed E-state index contributed by atoms with van der Waals surface area (Å²) >= 11 is 0. The summed E-state index contributed by atoms with van der Waals surface area (Å²) in [4.78, 5) is 6.62. The fourth-order valence-electron chi connectivity index (χ4n) is 1.30. The van der Waals surface area contributed by atoms with Crippen LogP contribution < -0.4 is 0 Å². The van der Waals surface area contributed by atoms with Crippen LogP contribution >= 0.6 is 0 Å². The Morgan fingerprint density at radius 2 is 2.42 bits per heavy atom. The lowest BCUT2D eigenvalue weighted by Crippen LogP contribution is -2.25. The predicted octanol–water partition coefficient (Wildman–Crippen LogP) is -0.797. The van der Waals surface area contributed by atoms with E-state index in [1.54, 1.807) is 6.20 Å². The fraction of sp³-hybridized carbons (Fsp3) is 0.571. The average molecular weight is 170 g/mol. The van der Waals surface area contributed by atoms with E-state index in [-0.39, 0.29) is 6.61 Å². The van der Waals surface area contributed by atoms with Crippen LogP contribution in [0.1, 0.15) is 11.8 Å². The molecule has 0 aromatic carbocycles. The van der Waals surface area contributed by atoms with E-state index in [0.29, 0.717) is 5.69 Å². The number of ether oxygens (including phenoxy) is 1. The van der Waals surface area contributed by atoms with Crippen LogP contribution in [0, 0.1) is 0 Å². The van der Waals surface area contributed by atoms with E-state index in [1.165, 1.54) is 6.33 Å². The van der Waals surface area contributed by atoms with Crippen LogP contribution in [-0.4, -0.2) is 39.0 Å². The van der Waals surface area contributed by atoms with Gasteiger partial charge in [0.2, 0.25) is 0 Å². The first-order valence-electron chi connectivity index (χ1n) is 3.75. The van der Waals surface area contributed by atoms with Crippen molar-refractivity contribution in [2.45, 2.75) is 18.3 Å². The minimum absolute atomic E-state index is 0.171. The molecule has 2 heterocycles. The molecule has 0 radical (unpaired) electrons. The van der Waals surface area contributed by atoms with Gasteiger partial charge in [-0.1, -0.05) is 0 Å². The van der Waals surface area contributed by atoms with Crippen LogP contribution in [0.4, 0.5) is 0 Å². The Labute approximate surface area is 69.0 Å². The van der Waals surface area contributed by atoms with Gasteiger partial charge in [-0.25, -0.2) is 4.98 Å². The van der Waals surface area contributed by atoms with Gasteiger partial charge >= 0.3 is 0 Å². The highest BCUT2D eigenvalue weighted by atomic mass is 16.5. The molecule has 1 saturated heterocycles. The molecule has 0 amide bonds. The smallest absolute Gasteiger partial charge is 0.127 e. The minimum atomic E-state index is -0.856. The topological polar surface area (TPSA) is 78.4 Å². The van der Waals surface area contributed by atoms with E-state index in [4.69, 9.17) is 9.84 Å². The van der Waals surface area contributed by atoms with E-state index in [0.717, 1.165) is 0 Å². The quantitative estimate of drug-likeness (QED) is 0.515. The number of aliphatic hydroxyl groups is 2. The molecule has 2 rings (SSSR count). The van der Waals surface area contributed by atoms with Crippen molar-refractivity contribution >= 4 is 0 Å². The Hall–Kier alpha value is -0.910. The molecule has 0 bridgehead atoms. The van der Waals surface area contributed by atoms with Gasteiger partial charge in [0.15, 0.2) is 0 Å². The lowest BCUT2D eigenvalue weighted by Gasteiger charge is -2.11. The standard InChI is InChI=1S/C7H10N2O3/c10-5-2-12-7(6(5)11)4-1-8-3-9-4/h1,3,5-7,10-11H,2H2,(H,8,9)/t5-,6-,7?/m1/s1. The molecule has 12 heavy (non-hydrogen) atoms. The highest BCUT2D eigenvalue weighted by Crippen LogP contribution is 2.27. The van der Waals surface area contributed by atoms with Crippen LogP contribution in [0.15, 0.2) is 12.5 Å². The van der Waals surface area contributed by atoms with Crippen molar-refractivity contribution in [2.24, 2.45) is 0 Å². The number of rotatable bonds is 1. The van der Waals surface area contributed by atoms with Crippen molar-refractivity contribution < 1.29 is 14.9 Å². The monoisotopic (exact) mass is 170 g/mol. The van der Waals surface area contributed by atoms with Crippen LogP contribution in [0.2, 0.25) is 0 Å². The maximum Gasteiger partial charge on any atom is 0.127 e. The summed E-state index contributed by atoms with van der Waals surface area (Å²) in [6, 6.07) is 0. The molecule has 0 spiro atoms. The fourth-order valence-corrected chi connectivity index (χ4v) is 1.30. The Morgan fingerprint density at radius 1 is 1.58 bits per heavy atom. The molecule has 3 N–H and O–H groups in total. The largest absolute Gasteiger partial charge is 0.388 e. The second-order valence-corrected chi connectivity index (χ2v) is 2.82. The highest BCUT2D eigenvalue weighted by Gasteiger charge is 2.36. The number of nitrogens with zero attached hydrogens (tertiary/aromatic N) is 1. The number of nitrogens with one attached hydrogen (secondary N) is 1. The summed E-state index contributed by atoms with van der Waals surface area (Å²) in [5, 5.41) is 18.6. The summed E-state index contributed by atoms with van der Waals surface area (Å²) in [5.41, 5.74) is 0.694. The molecule has 1 aliphatic rings. The summed E-state index contributed by atoms with van der Waals surface area (Å²) < 4.78 is 5.15. The van der Waals surface area contributed by atoms with Crippen molar-refractivity contribution in [1.29, 1.82) is 0 Å². The van der Waals surface area contributed by atoms with Gasteiger partial charge in [0.25, 0.3) is 0 Å². The van der Waals surface area contributed by atoms with Crippen LogP contribution in [-0.2, 0) is 4.74 Å². The molecule has 1 aliphatic heterocycles. The first-order chi connectivity index (χ1) is 5.79. The molecule has 0 aliphatic carbocycles. The van der Waals surface area contributed by atoms with Crippen LogP contribution in [0.3, 0.4) is 0 Å². The summed E-state index contributed by atoms with van der Waals surface area (Å²) in [5.74, 6) is 0. The normalized spacial score (nSPS) is 35.7. The predicted molar refractivity (Wildman–Crippen MR) is 39.3 cm³/mol. The molecular weight excluding hydrogens is 160 g/mol. The van der Waals surface area contributed by atoms with Gasteiger partial charge in [-0.05, 0) is 0 Å². The van der Waals surface area contributed by atoms with Gasteiger partial charge in [0.05, 0.1) is 24.8 Å². The molecule has 3 atom stereocenters. The number of aliphatic hydroxyl groups excluding tert-OH is 2. The van der Waals surface area contributed by atoms with Gasteiger partial charge in [-0.15, -0.1) is 0 Å². The SMILES string of the molecule is O[C@@H]1COC(c2cnc[nH]2)[C@@H]1O. The zero-order chi connectivity index (χ0) is 8.55. The third-order valence-corrected chi connectivity index (χ3v) is 1.98. The molecule has 5 heteroatoms.